The Bertz CT molecular complexity index is 373. The molecule has 0 aromatic heterocycles. The molecule has 108 valence electrons. The van der Waals surface area contributed by atoms with E-state index in [0.717, 1.165) is 0 Å². The van der Waals surface area contributed by atoms with E-state index < -0.39 is 0 Å². The van der Waals surface area contributed by atoms with Crippen LogP contribution in [0.15, 0.2) is 24.3 Å². The molecule has 0 fully saturated rings. The van der Waals surface area contributed by atoms with Gasteiger partial charge in [0, 0.05) is 19.0 Å². The van der Waals surface area contributed by atoms with Crippen LogP contribution in [-0.4, -0.2) is 25.1 Å². The molecule has 19 heavy (non-hydrogen) atoms. The number of rotatable bonds is 7. The molecule has 0 spiro atoms. The molecular weight excluding hydrogens is 271 g/mol. The van der Waals surface area contributed by atoms with Crippen molar-refractivity contribution in [2.45, 2.75) is 25.8 Å². The van der Waals surface area contributed by atoms with Crippen LogP contribution in [0.1, 0.15) is 19.8 Å². The van der Waals surface area contributed by atoms with Crippen LogP contribution in [0.4, 0.5) is 4.39 Å². The maximum absolute atomic E-state index is 12.6. The summed E-state index contributed by atoms with van der Waals surface area (Å²) in [5.41, 5.74) is 5.39. The summed E-state index contributed by atoms with van der Waals surface area (Å²) in [6.07, 6.45) is 1.01. The van der Waals surface area contributed by atoms with Crippen molar-refractivity contribution >= 4 is 18.3 Å². The molecule has 0 saturated heterocycles. The molecule has 6 heteroatoms. The Balaban J connectivity index is 0.00000324. The number of nitrogens with two attached hydrogens (primary N) is 1. The number of hydrogen-bond acceptors (Lipinski definition) is 3. The van der Waals surface area contributed by atoms with Gasteiger partial charge in [-0.05, 0) is 37.6 Å². The first-order chi connectivity index (χ1) is 8.61. The highest BCUT2D eigenvalue weighted by Gasteiger charge is 2.05. The van der Waals surface area contributed by atoms with Crippen molar-refractivity contribution in [3.8, 4) is 5.75 Å². The number of carbonyl (C=O) groups excluding carboxylic acids is 1. The van der Waals surface area contributed by atoms with E-state index in [2.05, 4.69) is 5.32 Å². The van der Waals surface area contributed by atoms with Gasteiger partial charge in [-0.3, -0.25) is 4.79 Å². The Kier molecular flexibility index (Phi) is 8.91. The Morgan fingerprint density at radius 1 is 1.42 bits per heavy atom. The lowest BCUT2D eigenvalue weighted by Crippen LogP contribution is -2.37. The first-order valence-corrected chi connectivity index (χ1v) is 5.99. The van der Waals surface area contributed by atoms with E-state index in [1.54, 1.807) is 12.1 Å². The molecule has 1 aromatic carbocycles. The summed E-state index contributed by atoms with van der Waals surface area (Å²) in [5.74, 6) is 0.278. The number of carbonyl (C=O) groups is 1. The van der Waals surface area contributed by atoms with Gasteiger partial charge in [-0.2, -0.15) is 0 Å². The first kappa shape index (κ1) is 17.7. The van der Waals surface area contributed by atoms with Crippen LogP contribution in [0.5, 0.6) is 5.75 Å². The maximum Gasteiger partial charge on any atom is 0.220 e. The molecule has 1 amide bonds. The molecule has 0 aliphatic heterocycles. The lowest BCUT2D eigenvalue weighted by atomic mass is 10.2. The van der Waals surface area contributed by atoms with Crippen molar-refractivity contribution in [3.05, 3.63) is 30.1 Å². The van der Waals surface area contributed by atoms with Crippen LogP contribution in [0.25, 0.3) is 0 Å². The van der Waals surface area contributed by atoms with E-state index in [1.165, 1.54) is 12.1 Å². The average Bonchev–Trinajstić information content (AvgIpc) is 2.36. The molecule has 0 aliphatic rings. The second-order valence-corrected chi connectivity index (χ2v) is 4.11. The van der Waals surface area contributed by atoms with Crippen molar-refractivity contribution in [1.29, 1.82) is 0 Å². The van der Waals surface area contributed by atoms with Gasteiger partial charge in [0.1, 0.15) is 11.6 Å². The summed E-state index contributed by atoms with van der Waals surface area (Å²) in [6, 6.07) is 5.80. The summed E-state index contributed by atoms with van der Waals surface area (Å²) in [4.78, 5) is 11.4. The lowest BCUT2D eigenvalue weighted by Gasteiger charge is -2.11. The highest BCUT2D eigenvalue weighted by atomic mass is 35.5. The fourth-order valence-corrected chi connectivity index (χ4v) is 1.36. The van der Waals surface area contributed by atoms with Crippen LogP contribution in [-0.2, 0) is 4.79 Å². The standard InChI is InChI=1S/C13H19FN2O2.ClH/c1-10(9-15)16-13(17)3-2-8-18-12-6-4-11(14)5-7-12;/h4-7,10H,2-3,8-9,15H2,1H3,(H,16,17);1H/t10-;/m0./s1. The number of nitrogens with one attached hydrogen (secondary N) is 1. The average molecular weight is 291 g/mol. The minimum atomic E-state index is -0.294. The van der Waals surface area contributed by atoms with Gasteiger partial charge in [0.25, 0.3) is 0 Å². The summed E-state index contributed by atoms with van der Waals surface area (Å²) >= 11 is 0. The summed E-state index contributed by atoms with van der Waals surface area (Å²) in [7, 11) is 0. The number of halogens is 2. The predicted octanol–water partition coefficient (Wildman–Crippen LogP) is 1.87. The number of benzene rings is 1. The topological polar surface area (TPSA) is 64.3 Å². The second-order valence-electron chi connectivity index (χ2n) is 4.11. The van der Waals surface area contributed by atoms with Crippen LogP contribution >= 0.6 is 12.4 Å². The summed E-state index contributed by atoms with van der Waals surface area (Å²) < 4.78 is 18.0. The number of ether oxygens (including phenoxy) is 1. The van der Waals surface area contributed by atoms with Crippen LogP contribution < -0.4 is 15.8 Å². The smallest absolute Gasteiger partial charge is 0.220 e. The molecule has 0 aliphatic carbocycles. The molecular formula is C13H20ClFN2O2. The normalized spacial score (nSPS) is 11.3. The first-order valence-electron chi connectivity index (χ1n) is 5.99. The molecule has 0 heterocycles. The third-order valence-corrected chi connectivity index (χ3v) is 2.39. The minimum absolute atomic E-state index is 0. The van der Waals surface area contributed by atoms with Gasteiger partial charge in [-0.1, -0.05) is 0 Å². The lowest BCUT2D eigenvalue weighted by molar-refractivity contribution is -0.121. The molecule has 0 unspecified atom stereocenters. The van der Waals surface area contributed by atoms with Gasteiger partial charge >= 0.3 is 0 Å². The Morgan fingerprint density at radius 3 is 2.63 bits per heavy atom. The van der Waals surface area contributed by atoms with E-state index in [9.17, 15) is 9.18 Å². The highest BCUT2D eigenvalue weighted by Crippen LogP contribution is 2.11. The van der Waals surface area contributed by atoms with Crippen molar-refractivity contribution in [2.24, 2.45) is 5.73 Å². The van der Waals surface area contributed by atoms with Crippen molar-refractivity contribution < 1.29 is 13.9 Å². The number of amides is 1. The SMILES string of the molecule is C[C@@H](CN)NC(=O)CCCOc1ccc(F)cc1.Cl. The maximum atomic E-state index is 12.6. The van der Waals surface area contributed by atoms with Crippen molar-refractivity contribution in [2.75, 3.05) is 13.2 Å². The zero-order valence-electron chi connectivity index (χ0n) is 10.9. The summed E-state index contributed by atoms with van der Waals surface area (Å²) in [6.45, 7) is 2.71. The van der Waals surface area contributed by atoms with Crippen molar-refractivity contribution in [1.82, 2.24) is 5.32 Å². The van der Waals surface area contributed by atoms with Gasteiger partial charge in [-0.25, -0.2) is 4.39 Å². The monoisotopic (exact) mass is 290 g/mol. The number of hydrogen-bond donors (Lipinski definition) is 2. The summed E-state index contributed by atoms with van der Waals surface area (Å²) in [5, 5.41) is 2.77. The third-order valence-electron chi connectivity index (χ3n) is 2.39. The zero-order valence-corrected chi connectivity index (χ0v) is 11.7. The van der Waals surface area contributed by atoms with Gasteiger partial charge in [0.05, 0.1) is 6.61 Å². The molecule has 4 nitrogen and oxygen atoms in total. The van der Waals surface area contributed by atoms with E-state index in [-0.39, 0.29) is 30.2 Å². The van der Waals surface area contributed by atoms with Crippen LogP contribution in [0, 0.1) is 5.82 Å². The Hall–Kier alpha value is -1.33. The predicted molar refractivity (Wildman–Crippen MR) is 75.0 cm³/mol. The second kappa shape index (κ2) is 9.58. The van der Waals surface area contributed by atoms with E-state index in [4.69, 9.17) is 10.5 Å². The zero-order chi connectivity index (χ0) is 13.4. The molecule has 1 aromatic rings. The van der Waals surface area contributed by atoms with Crippen molar-refractivity contribution in [3.63, 3.8) is 0 Å². The van der Waals surface area contributed by atoms with E-state index >= 15 is 0 Å². The molecule has 0 radical (unpaired) electrons. The van der Waals surface area contributed by atoms with E-state index in [1.807, 2.05) is 6.92 Å². The molecule has 3 N–H and O–H groups in total. The highest BCUT2D eigenvalue weighted by molar-refractivity contribution is 5.85. The molecule has 0 saturated carbocycles. The van der Waals surface area contributed by atoms with E-state index in [0.29, 0.717) is 31.7 Å². The van der Waals surface area contributed by atoms with Gasteiger partial charge in [0.2, 0.25) is 5.91 Å². The Labute approximate surface area is 118 Å². The van der Waals surface area contributed by atoms with Crippen LogP contribution in [0.2, 0.25) is 0 Å². The minimum Gasteiger partial charge on any atom is -0.494 e. The van der Waals surface area contributed by atoms with Crippen LogP contribution in [0.3, 0.4) is 0 Å². The molecule has 1 atom stereocenters. The van der Waals surface area contributed by atoms with Gasteiger partial charge < -0.3 is 15.8 Å². The molecule has 0 bridgehead atoms. The quantitative estimate of drug-likeness (QED) is 0.754. The third kappa shape index (κ3) is 7.64. The molecule has 1 rings (SSSR count). The van der Waals surface area contributed by atoms with Gasteiger partial charge in [-0.15, -0.1) is 12.4 Å². The largest absolute Gasteiger partial charge is 0.494 e. The fraction of sp³-hybridized carbons (Fsp3) is 0.462. The van der Waals surface area contributed by atoms with Gasteiger partial charge in [0.15, 0.2) is 0 Å². The fourth-order valence-electron chi connectivity index (χ4n) is 1.36. The Morgan fingerprint density at radius 2 is 2.05 bits per heavy atom.